The lowest BCUT2D eigenvalue weighted by Crippen LogP contribution is -2.20. The van der Waals surface area contributed by atoms with E-state index in [2.05, 4.69) is 10.2 Å². The van der Waals surface area contributed by atoms with Gasteiger partial charge in [0.2, 0.25) is 5.65 Å². The first-order valence-corrected chi connectivity index (χ1v) is 6.62. The third-order valence-electron chi connectivity index (χ3n) is 3.91. The highest BCUT2D eigenvalue weighted by Gasteiger charge is 2.30. The summed E-state index contributed by atoms with van der Waals surface area (Å²) in [6.07, 6.45) is 2.23. The van der Waals surface area contributed by atoms with Crippen LogP contribution in [0, 0.1) is 0 Å². The highest BCUT2D eigenvalue weighted by molar-refractivity contribution is 5.80. The lowest BCUT2D eigenvalue weighted by molar-refractivity contribution is 0.415. The third-order valence-corrected chi connectivity index (χ3v) is 3.91. The molecule has 1 aliphatic carbocycles. The Kier molecular flexibility index (Phi) is 2.19. The van der Waals surface area contributed by atoms with Crippen molar-refractivity contribution < 1.29 is 4.74 Å². The summed E-state index contributed by atoms with van der Waals surface area (Å²) in [5.41, 5.74) is 2.02. The number of fused-ring (bicyclic) bond motifs is 3. The number of aromatic nitrogens is 4. The molecule has 0 saturated heterocycles. The van der Waals surface area contributed by atoms with E-state index in [0.717, 1.165) is 35.4 Å². The van der Waals surface area contributed by atoms with E-state index < -0.39 is 0 Å². The summed E-state index contributed by atoms with van der Waals surface area (Å²) in [4.78, 5) is 12.4. The van der Waals surface area contributed by atoms with Crippen molar-refractivity contribution in [2.45, 2.75) is 18.8 Å². The standard InChI is InChI=1S/C14H14N4O2/c1-17-10-6-5-9(20-2)7-11(10)18-12(8-3-4-8)15-16-13(18)14(17)19/h5-8H,3-4H2,1-2H3. The Balaban J connectivity index is 2.23. The summed E-state index contributed by atoms with van der Waals surface area (Å²) in [6, 6.07) is 5.68. The van der Waals surface area contributed by atoms with Crippen LogP contribution in [-0.2, 0) is 7.05 Å². The summed E-state index contributed by atoms with van der Waals surface area (Å²) in [6.45, 7) is 0. The molecule has 0 atom stereocenters. The van der Waals surface area contributed by atoms with Gasteiger partial charge in [0.25, 0.3) is 5.56 Å². The molecule has 2 heterocycles. The molecule has 20 heavy (non-hydrogen) atoms. The number of ether oxygens (including phenoxy) is 1. The van der Waals surface area contributed by atoms with Gasteiger partial charge in [-0.15, -0.1) is 10.2 Å². The first kappa shape index (κ1) is 11.5. The Morgan fingerprint density at radius 1 is 1.25 bits per heavy atom. The second-order valence-electron chi connectivity index (χ2n) is 5.21. The van der Waals surface area contributed by atoms with Crippen LogP contribution < -0.4 is 10.3 Å². The van der Waals surface area contributed by atoms with Gasteiger partial charge in [0.05, 0.1) is 18.1 Å². The van der Waals surface area contributed by atoms with Gasteiger partial charge in [0.15, 0.2) is 0 Å². The lowest BCUT2D eigenvalue weighted by atomic mass is 10.2. The average molecular weight is 270 g/mol. The van der Waals surface area contributed by atoms with E-state index in [4.69, 9.17) is 4.74 Å². The number of aryl methyl sites for hydroxylation is 1. The van der Waals surface area contributed by atoms with Gasteiger partial charge in [-0.2, -0.15) is 0 Å². The van der Waals surface area contributed by atoms with Gasteiger partial charge >= 0.3 is 0 Å². The summed E-state index contributed by atoms with van der Waals surface area (Å²) in [7, 11) is 3.39. The van der Waals surface area contributed by atoms with Gasteiger partial charge in [-0.25, -0.2) is 0 Å². The van der Waals surface area contributed by atoms with Gasteiger partial charge in [0.1, 0.15) is 11.6 Å². The van der Waals surface area contributed by atoms with Crippen molar-refractivity contribution in [1.82, 2.24) is 19.2 Å². The van der Waals surface area contributed by atoms with Crippen molar-refractivity contribution >= 4 is 16.7 Å². The van der Waals surface area contributed by atoms with Crippen LogP contribution in [-0.4, -0.2) is 26.3 Å². The minimum Gasteiger partial charge on any atom is -0.497 e. The SMILES string of the molecule is COc1ccc2c(c1)n1c(C3CC3)nnc1c(=O)n2C. The van der Waals surface area contributed by atoms with Crippen molar-refractivity contribution in [3.05, 3.63) is 34.4 Å². The van der Waals surface area contributed by atoms with Crippen LogP contribution in [0.4, 0.5) is 0 Å². The summed E-state index contributed by atoms with van der Waals surface area (Å²) >= 11 is 0. The molecule has 4 rings (SSSR count). The quantitative estimate of drug-likeness (QED) is 0.707. The molecule has 0 N–H and O–H groups in total. The molecule has 0 bridgehead atoms. The zero-order valence-electron chi connectivity index (χ0n) is 11.3. The van der Waals surface area contributed by atoms with Crippen molar-refractivity contribution in [2.24, 2.45) is 7.05 Å². The van der Waals surface area contributed by atoms with Crippen LogP contribution in [0.3, 0.4) is 0 Å². The highest BCUT2D eigenvalue weighted by atomic mass is 16.5. The van der Waals surface area contributed by atoms with Crippen LogP contribution in [0.1, 0.15) is 24.6 Å². The maximum absolute atomic E-state index is 12.4. The monoisotopic (exact) mass is 270 g/mol. The zero-order chi connectivity index (χ0) is 13.9. The molecule has 1 fully saturated rings. The molecule has 0 radical (unpaired) electrons. The minimum atomic E-state index is -0.123. The molecule has 0 aliphatic heterocycles. The van der Waals surface area contributed by atoms with E-state index in [9.17, 15) is 4.79 Å². The molecule has 102 valence electrons. The normalized spacial score (nSPS) is 15.1. The number of hydrogen-bond acceptors (Lipinski definition) is 4. The Bertz CT molecular complexity index is 889. The predicted octanol–water partition coefficient (Wildman–Crippen LogP) is 1.47. The van der Waals surface area contributed by atoms with Crippen LogP contribution in [0.2, 0.25) is 0 Å². The molecule has 1 aliphatic rings. The molecule has 0 unspecified atom stereocenters. The number of nitrogens with zero attached hydrogens (tertiary/aromatic N) is 4. The fraction of sp³-hybridized carbons (Fsp3) is 0.357. The maximum atomic E-state index is 12.4. The van der Waals surface area contributed by atoms with Crippen LogP contribution in [0.15, 0.2) is 23.0 Å². The molecule has 0 spiro atoms. The van der Waals surface area contributed by atoms with Crippen molar-refractivity contribution in [3.8, 4) is 5.75 Å². The van der Waals surface area contributed by atoms with Crippen molar-refractivity contribution in [3.63, 3.8) is 0 Å². The van der Waals surface area contributed by atoms with E-state index >= 15 is 0 Å². The summed E-state index contributed by atoms with van der Waals surface area (Å²) in [5.74, 6) is 2.07. The first-order valence-electron chi connectivity index (χ1n) is 6.62. The Hall–Kier alpha value is -2.37. The first-order chi connectivity index (χ1) is 9.70. The third kappa shape index (κ3) is 1.41. The zero-order valence-corrected chi connectivity index (χ0v) is 11.3. The molecule has 3 aromatic rings. The fourth-order valence-corrected chi connectivity index (χ4v) is 2.63. The molecule has 6 nitrogen and oxygen atoms in total. The van der Waals surface area contributed by atoms with E-state index in [1.165, 1.54) is 0 Å². The van der Waals surface area contributed by atoms with Crippen molar-refractivity contribution in [2.75, 3.05) is 7.11 Å². The highest BCUT2D eigenvalue weighted by Crippen LogP contribution is 2.39. The second kappa shape index (κ2) is 3.82. The van der Waals surface area contributed by atoms with E-state index in [1.54, 1.807) is 18.7 Å². The average Bonchev–Trinajstić information content (AvgIpc) is 3.22. The van der Waals surface area contributed by atoms with Gasteiger partial charge in [-0.3, -0.25) is 9.20 Å². The molecule has 0 amide bonds. The topological polar surface area (TPSA) is 61.4 Å². The molecule has 2 aromatic heterocycles. The number of benzene rings is 1. The molecule has 1 aromatic carbocycles. The predicted molar refractivity (Wildman–Crippen MR) is 74.3 cm³/mol. The van der Waals surface area contributed by atoms with E-state index in [-0.39, 0.29) is 5.56 Å². The summed E-state index contributed by atoms with van der Waals surface area (Å²) < 4.78 is 8.79. The number of rotatable bonds is 2. The Labute approximate surface area is 114 Å². The van der Waals surface area contributed by atoms with Gasteiger partial charge in [-0.1, -0.05) is 0 Å². The van der Waals surface area contributed by atoms with E-state index in [1.807, 2.05) is 22.6 Å². The van der Waals surface area contributed by atoms with Gasteiger partial charge < -0.3 is 9.30 Å². The number of hydrogen-bond donors (Lipinski definition) is 0. The lowest BCUT2D eigenvalue weighted by Gasteiger charge is -2.10. The number of methoxy groups -OCH3 is 1. The van der Waals surface area contributed by atoms with Crippen LogP contribution in [0.25, 0.3) is 16.7 Å². The Morgan fingerprint density at radius 3 is 2.75 bits per heavy atom. The molecular weight excluding hydrogens is 256 g/mol. The minimum absolute atomic E-state index is 0.123. The smallest absolute Gasteiger partial charge is 0.296 e. The van der Waals surface area contributed by atoms with Gasteiger partial charge in [-0.05, 0) is 25.0 Å². The largest absolute Gasteiger partial charge is 0.497 e. The van der Waals surface area contributed by atoms with Crippen LogP contribution >= 0.6 is 0 Å². The maximum Gasteiger partial charge on any atom is 0.296 e. The van der Waals surface area contributed by atoms with Crippen molar-refractivity contribution in [1.29, 1.82) is 0 Å². The second-order valence-corrected chi connectivity index (χ2v) is 5.21. The Morgan fingerprint density at radius 2 is 2.05 bits per heavy atom. The van der Waals surface area contributed by atoms with Crippen LogP contribution in [0.5, 0.6) is 5.75 Å². The van der Waals surface area contributed by atoms with Gasteiger partial charge in [0, 0.05) is 19.0 Å². The molecule has 6 heteroatoms. The molecular formula is C14H14N4O2. The molecule has 1 saturated carbocycles. The van der Waals surface area contributed by atoms with E-state index in [0.29, 0.717) is 11.6 Å². The summed E-state index contributed by atoms with van der Waals surface area (Å²) in [5, 5.41) is 8.31. The fourth-order valence-electron chi connectivity index (χ4n) is 2.63.